The number of fused-ring (bicyclic) bond motifs is 1. The summed E-state index contributed by atoms with van der Waals surface area (Å²) in [5.41, 5.74) is 3.27. The molecule has 1 N–H and O–H groups in total. The van der Waals surface area contributed by atoms with Gasteiger partial charge in [0.1, 0.15) is 11.5 Å². The van der Waals surface area contributed by atoms with Gasteiger partial charge in [-0.3, -0.25) is 9.59 Å². The van der Waals surface area contributed by atoms with E-state index in [0.29, 0.717) is 30.1 Å². The summed E-state index contributed by atoms with van der Waals surface area (Å²) in [6.07, 6.45) is 2.22. The molecule has 1 unspecified atom stereocenters. The number of aryl methyl sites for hydroxylation is 1. The number of benzene rings is 3. The summed E-state index contributed by atoms with van der Waals surface area (Å²) < 4.78 is 16.4. The van der Waals surface area contributed by atoms with Crippen LogP contribution < -0.4 is 14.2 Å². The van der Waals surface area contributed by atoms with Crippen LogP contribution in [0.15, 0.2) is 72.3 Å². The third-order valence-corrected chi connectivity index (χ3v) is 6.93. The summed E-state index contributed by atoms with van der Waals surface area (Å²) in [4.78, 5) is 28.2. The van der Waals surface area contributed by atoms with E-state index in [1.165, 1.54) is 0 Å². The zero-order valence-electron chi connectivity index (χ0n) is 20.9. The van der Waals surface area contributed by atoms with Crippen LogP contribution in [0.2, 0.25) is 0 Å². The molecule has 190 valence electrons. The van der Waals surface area contributed by atoms with Gasteiger partial charge in [0.2, 0.25) is 0 Å². The molecule has 0 saturated carbocycles. The summed E-state index contributed by atoms with van der Waals surface area (Å²) in [5, 5.41) is 11.4. The van der Waals surface area contributed by atoms with Crippen molar-refractivity contribution < 1.29 is 28.9 Å². The lowest BCUT2D eigenvalue weighted by atomic mass is 9.94. The maximum absolute atomic E-state index is 13.3. The lowest BCUT2D eigenvalue weighted by Gasteiger charge is -2.25. The number of aliphatic hydroxyl groups excluding tert-OH is 1. The number of amides is 1. The van der Waals surface area contributed by atoms with Crippen LogP contribution in [0.25, 0.3) is 5.76 Å². The zero-order chi connectivity index (χ0) is 25.9. The minimum atomic E-state index is -0.700. The second-order valence-corrected chi connectivity index (χ2v) is 9.12. The van der Waals surface area contributed by atoms with Gasteiger partial charge >= 0.3 is 0 Å². The van der Waals surface area contributed by atoms with Crippen LogP contribution in [-0.4, -0.2) is 49.1 Å². The number of ether oxygens (including phenoxy) is 3. The first kappa shape index (κ1) is 24.4. The highest BCUT2D eigenvalue weighted by atomic mass is 16.5. The van der Waals surface area contributed by atoms with Gasteiger partial charge in [0, 0.05) is 12.1 Å². The van der Waals surface area contributed by atoms with Crippen molar-refractivity contribution in [3.05, 3.63) is 94.6 Å². The number of nitrogens with zero attached hydrogens (tertiary/aromatic N) is 1. The second-order valence-electron chi connectivity index (χ2n) is 9.12. The van der Waals surface area contributed by atoms with Gasteiger partial charge in [-0.2, -0.15) is 0 Å². The Labute approximate surface area is 215 Å². The van der Waals surface area contributed by atoms with E-state index >= 15 is 0 Å². The molecule has 37 heavy (non-hydrogen) atoms. The van der Waals surface area contributed by atoms with Crippen LogP contribution in [0.5, 0.6) is 17.2 Å². The Balaban J connectivity index is 1.52. The lowest BCUT2D eigenvalue weighted by Crippen LogP contribution is -2.31. The zero-order valence-corrected chi connectivity index (χ0v) is 20.9. The molecule has 0 aliphatic carbocycles. The molecule has 2 aliphatic heterocycles. The molecule has 1 atom stereocenters. The average Bonchev–Trinajstić information content (AvgIpc) is 3.20. The van der Waals surface area contributed by atoms with Crippen molar-refractivity contribution in [3.63, 3.8) is 0 Å². The van der Waals surface area contributed by atoms with Crippen molar-refractivity contribution in [1.29, 1.82) is 0 Å². The van der Waals surface area contributed by atoms with Crippen molar-refractivity contribution in [2.75, 3.05) is 27.4 Å². The fraction of sp³-hybridized carbons (Fsp3) is 0.267. The number of ketones is 1. The number of methoxy groups -OCH3 is 2. The van der Waals surface area contributed by atoms with Gasteiger partial charge in [-0.1, -0.05) is 36.4 Å². The Morgan fingerprint density at radius 1 is 1.00 bits per heavy atom. The highest BCUT2D eigenvalue weighted by Gasteiger charge is 2.45. The molecule has 0 bridgehead atoms. The number of hydrogen-bond donors (Lipinski definition) is 1. The Hall–Kier alpha value is -4.26. The first-order valence-electron chi connectivity index (χ1n) is 12.3. The van der Waals surface area contributed by atoms with Crippen molar-refractivity contribution in [3.8, 4) is 17.2 Å². The second kappa shape index (κ2) is 10.4. The van der Waals surface area contributed by atoms with E-state index in [1.54, 1.807) is 25.2 Å². The smallest absolute Gasteiger partial charge is 0.295 e. The fourth-order valence-corrected chi connectivity index (χ4v) is 5.04. The molecular formula is C30H29NO6. The molecule has 5 rings (SSSR count). The van der Waals surface area contributed by atoms with Crippen LogP contribution in [0.1, 0.15) is 34.7 Å². The topological polar surface area (TPSA) is 85.3 Å². The maximum atomic E-state index is 13.3. The number of Topliss-reactive ketones (excluding diaryl/α,β-unsaturated/α-hetero) is 1. The van der Waals surface area contributed by atoms with Crippen LogP contribution in [0.3, 0.4) is 0 Å². The average molecular weight is 500 g/mol. The normalized spacial score (nSPS) is 18.3. The number of rotatable bonds is 7. The van der Waals surface area contributed by atoms with E-state index in [9.17, 15) is 14.7 Å². The Bertz CT molecular complexity index is 1360. The molecule has 1 saturated heterocycles. The monoisotopic (exact) mass is 499 g/mol. The number of hydrogen-bond acceptors (Lipinski definition) is 6. The third-order valence-electron chi connectivity index (χ3n) is 6.93. The lowest BCUT2D eigenvalue weighted by molar-refractivity contribution is -0.139. The quantitative estimate of drug-likeness (QED) is 0.288. The standard InChI is InChI=1S/C30H29NO6/c1-35-24-12-10-19(17-25(24)36-2)14-15-31-27(20-7-4-3-5-8-20)26(29(33)30(31)34)28(32)22-11-13-23-21(18-22)9-6-16-37-23/h3-5,7-8,10-13,17-18,27,32H,6,9,14-16H2,1-2H3/b28-26-. The number of aliphatic hydroxyl groups is 1. The third kappa shape index (κ3) is 4.65. The van der Waals surface area contributed by atoms with Gasteiger partial charge < -0.3 is 24.2 Å². The fourth-order valence-electron chi connectivity index (χ4n) is 5.04. The van der Waals surface area contributed by atoms with Crippen molar-refractivity contribution in [2.45, 2.75) is 25.3 Å². The summed E-state index contributed by atoms with van der Waals surface area (Å²) >= 11 is 0. The van der Waals surface area contributed by atoms with E-state index in [0.717, 1.165) is 35.3 Å². The summed E-state index contributed by atoms with van der Waals surface area (Å²) in [5.74, 6) is 0.515. The molecule has 2 aliphatic rings. The SMILES string of the molecule is COc1ccc(CCN2C(=O)C(=O)/C(=C(\O)c3ccc4c(c3)CCCO4)C2c2ccccc2)cc1OC. The van der Waals surface area contributed by atoms with Crippen molar-refractivity contribution >= 4 is 17.4 Å². The van der Waals surface area contributed by atoms with Crippen molar-refractivity contribution in [1.82, 2.24) is 4.90 Å². The van der Waals surface area contributed by atoms with E-state index in [4.69, 9.17) is 14.2 Å². The van der Waals surface area contributed by atoms with E-state index in [1.807, 2.05) is 60.7 Å². The molecule has 1 fully saturated rings. The largest absolute Gasteiger partial charge is 0.507 e. The molecule has 0 spiro atoms. The van der Waals surface area contributed by atoms with Crippen LogP contribution in [0.4, 0.5) is 0 Å². The highest BCUT2D eigenvalue weighted by Crippen LogP contribution is 2.40. The minimum Gasteiger partial charge on any atom is -0.507 e. The highest BCUT2D eigenvalue weighted by molar-refractivity contribution is 6.46. The summed E-state index contributed by atoms with van der Waals surface area (Å²) in [6.45, 7) is 0.950. The maximum Gasteiger partial charge on any atom is 0.295 e. The molecule has 7 heteroatoms. The molecule has 2 heterocycles. The Kier molecular flexibility index (Phi) is 6.86. The van der Waals surface area contributed by atoms with Gasteiger partial charge in [-0.05, 0) is 66.3 Å². The van der Waals surface area contributed by atoms with Crippen molar-refractivity contribution in [2.24, 2.45) is 0 Å². The van der Waals surface area contributed by atoms with Gasteiger partial charge in [-0.15, -0.1) is 0 Å². The summed E-state index contributed by atoms with van der Waals surface area (Å²) in [7, 11) is 3.15. The number of likely N-dealkylation sites (tertiary alicyclic amines) is 1. The number of carbonyl (C=O) groups is 2. The predicted molar refractivity (Wildman–Crippen MR) is 139 cm³/mol. The molecule has 1 amide bonds. The Morgan fingerprint density at radius 2 is 1.78 bits per heavy atom. The number of carbonyl (C=O) groups excluding carboxylic acids is 2. The molecular weight excluding hydrogens is 470 g/mol. The minimum absolute atomic E-state index is 0.0974. The van der Waals surface area contributed by atoms with Gasteiger partial charge in [-0.25, -0.2) is 0 Å². The first-order chi connectivity index (χ1) is 18.0. The first-order valence-corrected chi connectivity index (χ1v) is 12.3. The molecule has 3 aromatic carbocycles. The molecule has 7 nitrogen and oxygen atoms in total. The van der Waals surface area contributed by atoms with Gasteiger partial charge in [0.05, 0.1) is 32.4 Å². The molecule has 0 aromatic heterocycles. The van der Waals surface area contributed by atoms with E-state index in [-0.39, 0.29) is 17.9 Å². The van der Waals surface area contributed by atoms with Crippen LogP contribution >= 0.6 is 0 Å². The molecule has 0 radical (unpaired) electrons. The predicted octanol–water partition coefficient (Wildman–Crippen LogP) is 4.69. The summed E-state index contributed by atoms with van der Waals surface area (Å²) in [6, 6.07) is 19.6. The van der Waals surface area contributed by atoms with E-state index in [2.05, 4.69) is 0 Å². The Morgan fingerprint density at radius 3 is 2.54 bits per heavy atom. The van der Waals surface area contributed by atoms with Gasteiger partial charge in [0.25, 0.3) is 11.7 Å². The molecule has 3 aromatic rings. The van der Waals surface area contributed by atoms with Crippen LogP contribution in [0, 0.1) is 0 Å². The van der Waals surface area contributed by atoms with Crippen LogP contribution in [-0.2, 0) is 22.4 Å². The van der Waals surface area contributed by atoms with E-state index < -0.39 is 17.7 Å². The van der Waals surface area contributed by atoms with Gasteiger partial charge in [0.15, 0.2) is 11.5 Å².